The van der Waals surface area contributed by atoms with Crippen molar-refractivity contribution in [3.8, 4) is 5.75 Å². The van der Waals surface area contributed by atoms with Gasteiger partial charge in [-0.15, -0.1) is 11.6 Å². The van der Waals surface area contributed by atoms with Crippen molar-refractivity contribution in [1.82, 2.24) is 5.32 Å². The first kappa shape index (κ1) is 12.3. The van der Waals surface area contributed by atoms with Gasteiger partial charge in [0.25, 0.3) is 0 Å². The molecule has 1 heterocycles. The quantitative estimate of drug-likeness (QED) is 0.799. The molecule has 0 bridgehead atoms. The van der Waals surface area contributed by atoms with Crippen molar-refractivity contribution in [1.29, 1.82) is 0 Å². The highest BCUT2D eigenvalue weighted by Crippen LogP contribution is 2.48. The van der Waals surface area contributed by atoms with Crippen LogP contribution >= 0.6 is 11.6 Å². The number of benzene rings is 1. The summed E-state index contributed by atoms with van der Waals surface area (Å²) in [5.74, 6) is 1.85. The summed E-state index contributed by atoms with van der Waals surface area (Å²) < 4.78 is 5.91. The van der Waals surface area contributed by atoms with Crippen molar-refractivity contribution in [2.24, 2.45) is 5.41 Å². The lowest BCUT2D eigenvalue weighted by Crippen LogP contribution is -2.34. The molecule has 0 aromatic heterocycles. The second-order valence-corrected chi connectivity index (χ2v) is 6.00. The van der Waals surface area contributed by atoms with Crippen LogP contribution in [0, 0.1) is 5.41 Å². The maximum atomic E-state index is 5.91. The van der Waals surface area contributed by atoms with Crippen molar-refractivity contribution >= 4 is 11.6 Å². The minimum Gasteiger partial charge on any atom is -0.488 e. The first-order valence-corrected chi connectivity index (χ1v) is 7.36. The number of fused-ring (bicyclic) bond motifs is 1. The first-order chi connectivity index (χ1) is 8.81. The second-order valence-electron chi connectivity index (χ2n) is 5.62. The van der Waals surface area contributed by atoms with Crippen molar-refractivity contribution in [3.63, 3.8) is 0 Å². The van der Waals surface area contributed by atoms with Crippen LogP contribution < -0.4 is 10.1 Å². The zero-order valence-electron chi connectivity index (χ0n) is 10.6. The maximum Gasteiger partial charge on any atom is 0.123 e. The van der Waals surface area contributed by atoms with Crippen LogP contribution in [0.3, 0.4) is 0 Å². The summed E-state index contributed by atoms with van der Waals surface area (Å²) in [7, 11) is 0. The average Bonchev–Trinajstić information content (AvgIpc) is 3.01. The highest BCUT2D eigenvalue weighted by Gasteiger charge is 2.41. The fraction of sp³-hybridized carbons (Fsp3) is 0.600. The van der Waals surface area contributed by atoms with Gasteiger partial charge in [-0.25, -0.2) is 0 Å². The molecule has 1 aliphatic carbocycles. The predicted octanol–water partition coefficient (Wildman–Crippen LogP) is 2.99. The van der Waals surface area contributed by atoms with E-state index in [1.165, 1.54) is 18.4 Å². The Hall–Kier alpha value is -0.730. The van der Waals surface area contributed by atoms with Gasteiger partial charge < -0.3 is 10.1 Å². The molecule has 18 heavy (non-hydrogen) atoms. The topological polar surface area (TPSA) is 21.3 Å². The zero-order valence-corrected chi connectivity index (χ0v) is 11.4. The molecule has 0 saturated heterocycles. The number of ether oxygens (including phenoxy) is 1. The summed E-state index contributed by atoms with van der Waals surface area (Å²) in [6.07, 6.45) is 5.14. The van der Waals surface area contributed by atoms with E-state index in [1.54, 1.807) is 0 Å². The van der Waals surface area contributed by atoms with E-state index in [1.807, 2.05) is 6.07 Å². The number of halogens is 1. The molecule has 1 aromatic rings. The molecule has 1 atom stereocenters. The number of para-hydroxylation sites is 1. The minimum absolute atomic E-state index is 0.300. The monoisotopic (exact) mass is 265 g/mol. The first-order valence-electron chi connectivity index (χ1n) is 6.83. The highest BCUT2D eigenvalue weighted by molar-refractivity contribution is 6.17. The van der Waals surface area contributed by atoms with Gasteiger partial charge in [0.1, 0.15) is 11.9 Å². The lowest BCUT2D eigenvalue weighted by atomic mass is 10.0. The maximum absolute atomic E-state index is 5.91. The number of rotatable bonds is 6. The zero-order chi connectivity index (χ0) is 12.4. The van der Waals surface area contributed by atoms with Gasteiger partial charge in [0.15, 0.2) is 0 Å². The van der Waals surface area contributed by atoms with Gasteiger partial charge >= 0.3 is 0 Å². The molecule has 1 aliphatic heterocycles. The van der Waals surface area contributed by atoms with Crippen LogP contribution in [0.25, 0.3) is 0 Å². The summed E-state index contributed by atoms with van der Waals surface area (Å²) >= 11 is 5.84. The fourth-order valence-corrected chi connectivity index (χ4v) is 3.16. The molecular formula is C15H20ClNO. The molecule has 98 valence electrons. The number of hydrogen-bond acceptors (Lipinski definition) is 2. The predicted molar refractivity (Wildman–Crippen MR) is 74.4 cm³/mol. The molecule has 2 aliphatic rings. The lowest BCUT2D eigenvalue weighted by molar-refractivity contribution is 0.223. The van der Waals surface area contributed by atoms with Crippen molar-refractivity contribution in [2.45, 2.75) is 31.8 Å². The van der Waals surface area contributed by atoms with Crippen LogP contribution in [-0.4, -0.2) is 25.1 Å². The van der Waals surface area contributed by atoms with E-state index in [9.17, 15) is 0 Å². The fourth-order valence-electron chi connectivity index (χ4n) is 2.76. The number of alkyl halides is 1. The lowest BCUT2D eigenvalue weighted by Gasteiger charge is -2.17. The van der Waals surface area contributed by atoms with Crippen LogP contribution in [-0.2, 0) is 6.42 Å². The van der Waals surface area contributed by atoms with E-state index < -0.39 is 0 Å². The SMILES string of the molecule is ClCCC1(CNCC2Cc3ccccc3O2)CC1. The van der Waals surface area contributed by atoms with Gasteiger partial charge in [-0.05, 0) is 36.3 Å². The number of hydrogen-bond donors (Lipinski definition) is 1. The molecule has 1 fully saturated rings. The molecule has 3 rings (SSSR count). The highest BCUT2D eigenvalue weighted by atomic mass is 35.5. The summed E-state index contributed by atoms with van der Waals surface area (Å²) in [4.78, 5) is 0. The molecule has 3 heteroatoms. The Bertz CT molecular complexity index is 392. The molecule has 1 aromatic carbocycles. The third-order valence-corrected chi connectivity index (χ3v) is 4.36. The van der Waals surface area contributed by atoms with Crippen molar-refractivity contribution in [2.75, 3.05) is 19.0 Å². The molecule has 0 amide bonds. The molecule has 0 spiro atoms. The number of nitrogens with one attached hydrogen (secondary N) is 1. The Labute approximate surface area is 114 Å². The van der Waals surface area contributed by atoms with Crippen LogP contribution in [0.1, 0.15) is 24.8 Å². The summed E-state index contributed by atoms with van der Waals surface area (Å²) in [5, 5.41) is 3.57. The van der Waals surface area contributed by atoms with Crippen LogP contribution in [0.4, 0.5) is 0 Å². The van der Waals surface area contributed by atoms with Gasteiger partial charge in [0.05, 0.1) is 0 Å². The van der Waals surface area contributed by atoms with Gasteiger partial charge in [0, 0.05) is 25.4 Å². The summed E-state index contributed by atoms with van der Waals surface area (Å²) in [6, 6.07) is 8.34. The van der Waals surface area contributed by atoms with Gasteiger partial charge in [0.2, 0.25) is 0 Å². The van der Waals surface area contributed by atoms with Crippen LogP contribution in [0.2, 0.25) is 0 Å². The van der Waals surface area contributed by atoms with E-state index in [0.29, 0.717) is 11.5 Å². The van der Waals surface area contributed by atoms with Gasteiger partial charge in [-0.3, -0.25) is 0 Å². The van der Waals surface area contributed by atoms with E-state index in [4.69, 9.17) is 16.3 Å². The van der Waals surface area contributed by atoms with Crippen LogP contribution in [0.5, 0.6) is 5.75 Å². The summed E-state index contributed by atoms with van der Waals surface area (Å²) in [5.41, 5.74) is 1.85. The van der Waals surface area contributed by atoms with E-state index in [2.05, 4.69) is 23.5 Å². The van der Waals surface area contributed by atoms with Crippen LogP contribution in [0.15, 0.2) is 24.3 Å². The Kier molecular flexibility index (Phi) is 3.49. The molecule has 1 unspecified atom stereocenters. The van der Waals surface area contributed by atoms with E-state index in [0.717, 1.165) is 37.6 Å². The molecule has 0 radical (unpaired) electrons. The Morgan fingerprint density at radius 1 is 1.33 bits per heavy atom. The second kappa shape index (κ2) is 5.10. The molecule has 1 saturated carbocycles. The normalized spacial score (nSPS) is 23.5. The third kappa shape index (κ3) is 2.65. The van der Waals surface area contributed by atoms with Crippen molar-refractivity contribution < 1.29 is 4.74 Å². The Morgan fingerprint density at radius 2 is 2.17 bits per heavy atom. The molecular weight excluding hydrogens is 246 g/mol. The van der Waals surface area contributed by atoms with Crippen molar-refractivity contribution in [3.05, 3.63) is 29.8 Å². The molecule has 2 nitrogen and oxygen atoms in total. The van der Waals surface area contributed by atoms with Gasteiger partial charge in [-0.2, -0.15) is 0 Å². The van der Waals surface area contributed by atoms with E-state index in [-0.39, 0.29) is 0 Å². The van der Waals surface area contributed by atoms with Gasteiger partial charge in [-0.1, -0.05) is 18.2 Å². The minimum atomic E-state index is 0.300. The Balaban J connectivity index is 1.44. The largest absolute Gasteiger partial charge is 0.488 e. The smallest absolute Gasteiger partial charge is 0.123 e. The third-order valence-electron chi connectivity index (χ3n) is 4.17. The Morgan fingerprint density at radius 3 is 2.89 bits per heavy atom. The summed E-state index contributed by atoms with van der Waals surface area (Å²) in [6.45, 7) is 2.04. The standard InChI is InChI=1S/C15H20ClNO/c16-8-7-15(5-6-15)11-17-10-13-9-12-3-1-2-4-14(12)18-13/h1-4,13,17H,5-11H2. The molecule has 1 N–H and O–H groups in total. The van der Waals surface area contributed by atoms with E-state index >= 15 is 0 Å². The average molecular weight is 266 g/mol.